The molecule has 0 aliphatic carbocycles. The van der Waals surface area contributed by atoms with E-state index in [0.29, 0.717) is 29.2 Å². The van der Waals surface area contributed by atoms with Gasteiger partial charge < -0.3 is 14.6 Å². The quantitative estimate of drug-likeness (QED) is 0.904. The number of aryl methyl sites for hydroxylation is 1. The molecular weight excluding hydrogens is 342 g/mol. The average Bonchev–Trinajstić information content (AvgIpc) is 2.61. The Labute approximate surface area is 147 Å². The lowest BCUT2D eigenvalue weighted by atomic mass is 9.98. The average molecular weight is 363 g/mol. The zero-order valence-corrected chi connectivity index (χ0v) is 15.2. The highest BCUT2D eigenvalue weighted by Gasteiger charge is 2.34. The Morgan fingerprint density at radius 2 is 1.84 bits per heavy atom. The van der Waals surface area contributed by atoms with Crippen molar-refractivity contribution in [3.63, 3.8) is 0 Å². The minimum atomic E-state index is -3.79. The number of aliphatic hydroxyl groups excluding tert-OH is 1. The zero-order chi connectivity index (χ0) is 18.2. The van der Waals surface area contributed by atoms with E-state index in [-0.39, 0.29) is 11.4 Å². The molecule has 134 valence electrons. The number of fused-ring (bicyclic) bond motifs is 1. The third kappa shape index (κ3) is 2.94. The van der Waals surface area contributed by atoms with E-state index >= 15 is 0 Å². The summed E-state index contributed by atoms with van der Waals surface area (Å²) in [6.45, 7) is 2.06. The molecule has 2 aromatic rings. The number of hydrogen-bond acceptors (Lipinski definition) is 5. The summed E-state index contributed by atoms with van der Waals surface area (Å²) in [7, 11) is -0.831. The minimum absolute atomic E-state index is 0.121. The second-order valence-electron chi connectivity index (χ2n) is 5.91. The Kier molecular flexibility index (Phi) is 4.62. The number of rotatable bonds is 4. The van der Waals surface area contributed by atoms with Crippen LogP contribution in [0, 0.1) is 6.92 Å². The summed E-state index contributed by atoms with van der Waals surface area (Å²) in [4.78, 5) is 0.121. The van der Waals surface area contributed by atoms with E-state index in [1.165, 1.54) is 30.7 Å². The number of methoxy groups -OCH3 is 2. The fourth-order valence-electron chi connectivity index (χ4n) is 3.14. The number of benzene rings is 2. The summed E-state index contributed by atoms with van der Waals surface area (Å²) in [5.41, 5.74) is 1.99. The van der Waals surface area contributed by atoms with Crippen molar-refractivity contribution in [3.05, 3.63) is 47.5 Å². The van der Waals surface area contributed by atoms with Crippen molar-refractivity contribution in [2.45, 2.75) is 24.3 Å². The Bertz CT molecular complexity index is 894. The number of para-hydroxylation sites is 1. The second kappa shape index (κ2) is 6.57. The molecule has 1 aliphatic heterocycles. The van der Waals surface area contributed by atoms with Crippen molar-refractivity contribution in [2.24, 2.45) is 0 Å². The molecule has 6 nitrogen and oxygen atoms in total. The molecule has 25 heavy (non-hydrogen) atoms. The predicted molar refractivity (Wildman–Crippen MR) is 94.8 cm³/mol. The van der Waals surface area contributed by atoms with Crippen molar-refractivity contribution in [1.29, 1.82) is 0 Å². The van der Waals surface area contributed by atoms with Gasteiger partial charge in [0.05, 0.1) is 30.9 Å². The topological polar surface area (TPSA) is 76.1 Å². The third-order valence-electron chi connectivity index (χ3n) is 4.43. The van der Waals surface area contributed by atoms with Crippen molar-refractivity contribution in [2.75, 3.05) is 25.1 Å². The lowest BCUT2D eigenvalue weighted by Gasteiger charge is -2.34. The predicted octanol–water partition coefficient (Wildman–Crippen LogP) is 2.64. The molecule has 0 aromatic heterocycles. The van der Waals surface area contributed by atoms with Crippen LogP contribution < -0.4 is 13.8 Å². The summed E-state index contributed by atoms with van der Waals surface area (Å²) < 4.78 is 38.2. The normalized spacial score (nSPS) is 17.1. The van der Waals surface area contributed by atoms with Gasteiger partial charge in [-0.05, 0) is 31.0 Å². The monoisotopic (exact) mass is 363 g/mol. The van der Waals surface area contributed by atoms with Gasteiger partial charge >= 0.3 is 0 Å². The van der Waals surface area contributed by atoms with Crippen LogP contribution in [0.3, 0.4) is 0 Å². The second-order valence-corrected chi connectivity index (χ2v) is 7.77. The minimum Gasteiger partial charge on any atom is -0.493 e. The van der Waals surface area contributed by atoms with E-state index in [1.54, 1.807) is 12.1 Å². The summed E-state index contributed by atoms with van der Waals surface area (Å²) >= 11 is 0. The van der Waals surface area contributed by atoms with Gasteiger partial charge in [0.2, 0.25) is 0 Å². The van der Waals surface area contributed by atoms with Crippen LogP contribution in [0.2, 0.25) is 0 Å². The largest absolute Gasteiger partial charge is 0.493 e. The fraction of sp³-hybridized carbons (Fsp3) is 0.333. The molecule has 1 atom stereocenters. The molecule has 7 heteroatoms. The van der Waals surface area contributed by atoms with E-state index in [1.807, 2.05) is 19.1 Å². The molecule has 2 aromatic carbocycles. The Balaban J connectivity index is 2.12. The maximum Gasteiger partial charge on any atom is 0.264 e. The lowest BCUT2D eigenvalue weighted by molar-refractivity contribution is 0.166. The van der Waals surface area contributed by atoms with Gasteiger partial charge in [-0.2, -0.15) is 0 Å². The van der Waals surface area contributed by atoms with Crippen molar-refractivity contribution in [3.8, 4) is 11.5 Å². The third-order valence-corrected chi connectivity index (χ3v) is 6.22. The van der Waals surface area contributed by atoms with E-state index in [0.717, 1.165) is 5.56 Å². The smallest absolute Gasteiger partial charge is 0.264 e. The SMILES string of the molecule is COc1ccc(S(=O)(=O)N2CCC(O)c3cccc(C)c32)cc1OC. The Morgan fingerprint density at radius 3 is 2.52 bits per heavy atom. The first kappa shape index (κ1) is 17.6. The van der Waals surface area contributed by atoms with E-state index in [9.17, 15) is 13.5 Å². The maximum atomic E-state index is 13.2. The van der Waals surface area contributed by atoms with Gasteiger partial charge in [-0.3, -0.25) is 4.31 Å². The standard InChI is InChI=1S/C18H21NO5S/c1-12-5-4-6-14-15(20)9-10-19(18(12)14)25(21,22)13-7-8-16(23-2)17(11-13)24-3/h4-8,11,15,20H,9-10H2,1-3H3. The molecule has 0 saturated heterocycles. The molecule has 0 radical (unpaired) electrons. The van der Waals surface area contributed by atoms with Crippen molar-refractivity contribution >= 4 is 15.7 Å². The van der Waals surface area contributed by atoms with Crippen LogP contribution >= 0.6 is 0 Å². The summed E-state index contributed by atoms with van der Waals surface area (Å²) in [5, 5.41) is 10.2. The number of nitrogens with zero attached hydrogens (tertiary/aromatic N) is 1. The van der Waals surface area contributed by atoms with Gasteiger partial charge in [0, 0.05) is 18.2 Å². The molecule has 1 heterocycles. The first-order valence-corrected chi connectivity index (χ1v) is 9.36. The Morgan fingerprint density at radius 1 is 1.12 bits per heavy atom. The number of anilines is 1. The van der Waals surface area contributed by atoms with Gasteiger partial charge in [0.1, 0.15) is 0 Å². The summed E-state index contributed by atoms with van der Waals surface area (Å²) in [6, 6.07) is 9.96. The van der Waals surface area contributed by atoms with Gasteiger partial charge in [-0.15, -0.1) is 0 Å². The van der Waals surface area contributed by atoms with E-state index in [2.05, 4.69) is 0 Å². The molecule has 3 rings (SSSR count). The first-order valence-electron chi connectivity index (χ1n) is 7.92. The van der Waals surface area contributed by atoms with Gasteiger partial charge in [0.15, 0.2) is 11.5 Å². The lowest BCUT2D eigenvalue weighted by Crippen LogP contribution is -2.37. The van der Waals surface area contributed by atoms with E-state index in [4.69, 9.17) is 9.47 Å². The number of sulfonamides is 1. The van der Waals surface area contributed by atoms with Crippen molar-refractivity contribution < 1.29 is 23.0 Å². The molecule has 1 unspecified atom stereocenters. The number of aliphatic hydroxyl groups is 1. The van der Waals surface area contributed by atoms with Gasteiger partial charge in [-0.25, -0.2) is 8.42 Å². The number of ether oxygens (including phenoxy) is 2. The van der Waals surface area contributed by atoms with Crippen LogP contribution in [-0.2, 0) is 10.0 Å². The maximum absolute atomic E-state index is 13.2. The van der Waals surface area contributed by atoms with Gasteiger partial charge in [-0.1, -0.05) is 18.2 Å². The van der Waals surface area contributed by atoms with Gasteiger partial charge in [0.25, 0.3) is 10.0 Å². The van der Waals surface area contributed by atoms with Crippen LogP contribution in [-0.4, -0.2) is 34.3 Å². The highest BCUT2D eigenvalue weighted by atomic mass is 32.2. The zero-order valence-electron chi connectivity index (χ0n) is 14.4. The van der Waals surface area contributed by atoms with Crippen LogP contribution in [0.15, 0.2) is 41.3 Å². The van der Waals surface area contributed by atoms with E-state index < -0.39 is 16.1 Å². The van der Waals surface area contributed by atoms with Crippen LogP contribution in [0.25, 0.3) is 0 Å². The molecule has 0 spiro atoms. The molecule has 1 aliphatic rings. The highest BCUT2D eigenvalue weighted by Crippen LogP contribution is 2.40. The molecule has 0 amide bonds. The highest BCUT2D eigenvalue weighted by molar-refractivity contribution is 7.92. The summed E-state index contributed by atoms with van der Waals surface area (Å²) in [5.74, 6) is 0.817. The van der Waals surface area contributed by atoms with Crippen LogP contribution in [0.1, 0.15) is 23.7 Å². The van der Waals surface area contributed by atoms with Crippen LogP contribution in [0.4, 0.5) is 5.69 Å². The Hall–Kier alpha value is -2.25. The molecule has 0 saturated carbocycles. The van der Waals surface area contributed by atoms with Crippen LogP contribution in [0.5, 0.6) is 11.5 Å². The summed E-state index contributed by atoms with van der Waals surface area (Å²) in [6.07, 6.45) is -0.310. The molecule has 1 N–H and O–H groups in total. The molecular formula is C18H21NO5S. The number of hydrogen-bond donors (Lipinski definition) is 1. The molecule has 0 fully saturated rings. The molecule has 0 bridgehead atoms. The fourth-order valence-corrected chi connectivity index (χ4v) is 4.73. The first-order chi connectivity index (χ1) is 11.9. The van der Waals surface area contributed by atoms with Crippen molar-refractivity contribution in [1.82, 2.24) is 0 Å².